The molecule has 0 spiro atoms. The minimum Gasteiger partial charge on any atom is -0.368 e. The molecule has 2 unspecified atom stereocenters. The lowest BCUT2D eigenvalue weighted by Crippen LogP contribution is -2.48. The van der Waals surface area contributed by atoms with E-state index in [1.165, 1.54) is 0 Å². The third kappa shape index (κ3) is 3.03. The van der Waals surface area contributed by atoms with Crippen molar-refractivity contribution >= 4 is 29.6 Å². The number of fused-ring (bicyclic) bond motifs is 3. The van der Waals surface area contributed by atoms with E-state index < -0.39 is 0 Å². The van der Waals surface area contributed by atoms with Gasteiger partial charge in [0.05, 0.1) is 17.8 Å². The highest BCUT2D eigenvalue weighted by Crippen LogP contribution is 2.30. The molecule has 1 aromatic rings. The van der Waals surface area contributed by atoms with Crippen LogP contribution in [0.25, 0.3) is 0 Å². The summed E-state index contributed by atoms with van der Waals surface area (Å²) in [6.07, 6.45) is 5.58. The summed E-state index contributed by atoms with van der Waals surface area (Å²) in [4.78, 5) is 30.0. The van der Waals surface area contributed by atoms with Crippen molar-refractivity contribution in [3.8, 4) is 0 Å². The van der Waals surface area contributed by atoms with Gasteiger partial charge in [-0.1, -0.05) is 0 Å². The molecular weight excluding hydrogens is 344 g/mol. The highest BCUT2D eigenvalue weighted by molar-refractivity contribution is 6.01. The van der Waals surface area contributed by atoms with Gasteiger partial charge >= 0.3 is 0 Å². The fourth-order valence-corrected chi connectivity index (χ4v) is 3.89. The third-order valence-electron chi connectivity index (χ3n) is 5.29. The zero-order chi connectivity index (χ0) is 18.2. The van der Waals surface area contributed by atoms with Crippen molar-refractivity contribution in [1.29, 1.82) is 0 Å². The number of nitrogens with one attached hydrogen (secondary N) is 3. The van der Waals surface area contributed by atoms with Crippen molar-refractivity contribution in [2.75, 3.05) is 49.5 Å². The number of nitrogens with zero attached hydrogens (tertiary/aromatic N) is 5. The van der Waals surface area contributed by atoms with Gasteiger partial charge in [0.1, 0.15) is 17.7 Å². The molecule has 0 aliphatic carbocycles. The van der Waals surface area contributed by atoms with Gasteiger partial charge in [-0.25, -0.2) is 15.0 Å². The molecule has 0 saturated carbocycles. The second kappa shape index (κ2) is 6.66. The summed E-state index contributed by atoms with van der Waals surface area (Å²) in [5.74, 6) is 1.25. The molecule has 4 aliphatic heterocycles. The molecule has 2 fully saturated rings. The van der Waals surface area contributed by atoms with Crippen LogP contribution in [0.2, 0.25) is 0 Å². The molecule has 4 aliphatic rings. The summed E-state index contributed by atoms with van der Waals surface area (Å²) in [6, 6.07) is 4.02. The first kappa shape index (κ1) is 16.2. The molecule has 5 heterocycles. The van der Waals surface area contributed by atoms with E-state index in [-0.39, 0.29) is 18.0 Å². The van der Waals surface area contributed by atoms with Gasteiger partial charge in [0.2, 0.25) is 5.96 Å². The van der Waals surface area contributed by atoms with Crippen LogP contribution in [-0.2, 0) is 4.79 Å². The normalized spacial score (nSPS) is 26.7. The molecule has 9 nitrogen and oxygen atoms in total. The zero-order valence-corrected chi connectivity index (χ0v) is 14.9. The number of aromatic nitrogens is 1. The Labute approximate surface area is 157 Å². The molecular formula is C18H22N8O. The molecule has 2 saturated heterocycles. The number of carbonyl (C=O) groups is 1. The maximum Gasteiger partial charge on any atom is 0.267 e. The van der Waals surface area contributed by atoms with E-state index >= 15 is 0 Å². The second-order valence-electron chi connectivity index (χ2n) is 6.99. The highest BCUT2D eigenvalue weighted by Gasteiger charge is 2.39. The van der Waals surface area contributed by atoms with Crippen molar-refractivity contribution in [2.24, 2.45) is 15.9 Å². The van der Waals surface area contributed by atoms with Gasteiger partial charge in [0.25, 0.3) is 5.91 Å². The smallest absolute Gasteiger partial charge is 0.267 e. The molecule has 2 atom stereocenters. The Morgan fingerprint density at radius 1 is 1.15 bits per heavy atom. The number of rotatable bonds is 2. The minimum atomic E-state index is -0.105. The molecule has 0 aromatic carbocycles. The van der Waals surface area contributed by atoms with Crippen LogP contribution in [0, 0.1) is 5.92 Å². The van der Waals surface area contributed by atoms with Gasteiger partial charge < -0.3 is 25.8 Å². The van der Waals surface area contributed by atoms with Crippen molar-refractivity contribution in [2.45, 2.75) is 6.17 Å². The summed E-state index contributed by atoms with van der Waals surface area (Å²) in [7, 11) is 0. The van der Waals surface area contributed by atoms with E-state index in [4.69, 9.17) is 4.99 Å². The average Bonchev–Trinajstić information content (AvgIpc) is 3.09. The number of pyridine rings is 1. The SMILES string of the molecule is O=C1NCCN2C1=CC1C=NC(Nc3ccc(N4CCNCC4)cn3)=NC12. The molecule has 0 bridgehead atoms. The van der Waals surface area contributed by atoms with Crippen LogP contribution >= 0.6 is 0 Å². The summed E-state index contributed by atoms with van der Waals surface area (Å²) in [5, 5.41) is 9.41. The number of aliphatic imine (C=N–C) groups is 2. The molecule has 5 rings (SSSR count). The van der Waals surface area contributed by atoms with E-state index in [0.717, 1.165) is 38.4 Å². The lowest BCUT2D eigenvalue weighted by Gasteiger charge is -2.33. The van der Waals surface area contributed by atoms with Crippen LogP contribution in [0.3, 0.4) is 0 Å². The fourth-order valence-electron chi connectivity index (χ4n) is 3.89. The lowest BCUT2D eigenvalue weighted by atomic mass is 10.1. The molecule has 1 aromatic heterocycles. The Balaban J connectivity index is 1.28. The Hall–Kier alpha value is -2.94. The van der Waals surface area contributed by atoms with Crippen LogP contribution in [0.1, 0.15) is 0 Å². The topological polar surface area (TPSA) is 97.2 Å². The zero-order valence-electron chi connectivity index (χ0n) is 14.9. The molecule has 140 valence electrons. The number of carbonyl (C=O) groups excluding carboxylic acids is 1. The van der Waals surface area contributed by atoms with Crippen molar-refractivity contribution < 1.29 is 4.79 Å². The van der Waals surface area contributed by atoms with Crippen LogP contribution < -0.4 is 20.9 Å². The van der Waals surface area contributed by atoms with E-state index in [2.05, 4.69) is 41.8 Å². The molecule has 27 heavy (non-hydrogen) atoms. The number of amides is 1. The van der Waals surface area contributed by atoms with Gasteiger partial charge in [-0.05, 0) is 18.2 Å². The number of guanidine groups is 1. The van der Waals surface area contributed by atoms with Gasteiger partial charge in [-0.2, -0.15) is 0 Å². The van der Waals surface area contributed by atoms with Gasteiger partial charge in [0, 0.05) is 45.5 Å². The Bertz CT molecular complexity index is 824. The number of hydrogen-bond acceptors (Lipinski definition) is 8. The van der Waals surface area contributed by atoms with Gasteiger partial charge in [0.15, 0.2) is 0 Å². The van der Waals surface area contributed by atoms with E-state index in [0.29, 0.717) is 24.0 Å². The van der Waals surface area contributed by atoms with Crippen LogP contribution in [-0.4, -0.2) is 73.4 Å². The highest BCUT2D eigenvalue weighted by atomic mass is 16.2. The Morgan fingerprint density at radius 2 is 2.04 bits per heavy atom. The lowest BCUT2D eigenvalue weighted by molar-refractivity contribution is -0.120. The Morgan fingerprint density at radius 3 is 2.85 bits per heavy atom. The van der Waals surface area contributed by atoms with Crippen LogP contribution in [0.5, 0.6) is 0 Å². The molecule has 3 N–H and O–H groups in total. The first-order valence-corrected chi connectivity index (χ1v) is 9.35. The number of hydrogen-bond donors (Lipinski definition) is 3. The fraction of sp³-hybridized carbons (Fsp3) is 0.444. The summed E-state index contributed by atoms with van der Waals surface area (Å²) in [6.45, 7) is 5.39. The van der Waals surface area contributed by atoms with Crippen molar-refractivity contribution in [1.82, 2.24) is 20.5 Å². The monoisotopic (exact) mass is 366 g/mol. The number of anilines is 2. The van der Waals surface area contributed by atoms with Crippen LogP contribution in [0.4, 0.5) is 11.5 Å². The van der Waals surface area contributed by atoms with Crippen LogP contribution in [0.15, 0.2) is 40.1 Å². The third-order valence-corrected chi connectivity index (χ3v) is 5.29. The maximum absolute atomic E-state index is 12.0. The van der Waals surface area contributed by atoms with E-state index in [1.807, 2.05) is 24.6 Å². The molecule has 9 heteroatoms. The molecule has 1 amide bonds. The minimum absolute atomic E-state index is 0.0288. The Kier molecular flexibility index (Phi) is 4.01. The largest absolute Gasteiger partial charge is 0.368 e. The first-order chi connectivity index (χ1) is 13.3. The number of piperazine rings is 2. The first-order valence-electron chi connectivity index (χ1n) is 9.35. The quantitative estimate of drug-likeness (QED) is 0.660. The predicted molar refractivity (Wildman–Crippen MR) is 104 cm³/mol. The van der Waals surface area contributed by atoms with E-state index in [1.54, 1.807) is 0 Å². The summed E-state index contributed by atoms with van der Waals surface area (Å²) >= 11 is 0. The van der Waals surface area contributed by atoms with Crippen molar-refractivity contribution in [3.05, 3.63) is 30.1 Å². The summed E-state index contributed by atoms with van der Waals surface area (Å²) in [5.41, 5.74) is 1.83. The summed E-state index contributed by atoms with van der Waals surface area (Å²) < 4.78 is 0. The standard InChI is InChI=1S/C18H22N8O/c27-17-14-9-12-10-22-18(24-16(12)26(14)8-5-20-17)23-15-2-1-13(11-21-15)25-6-3-19-4-7-25/h1-2,9-12,16,19H,3-8H2,(H,20,27)(H,21,23,24). The van der Waals surface area contributed by atoms with E-state index in [9.17, 15) is 4.79 Å². The average molecular weight is 366 g/mol. The maximum atomic E-state index is 12.0. The van der Waals surface area contributed by atoms with Crippen molar-refractivity contribution in [3.63, 3.8) is 0 Å². The second-order valence-corrected chi connectivity index (χ2v) is 6.99. The van der Waals surface area contributed by atoms with Gasteiger partial charge in [-0.3, -0.25) is 4.79 Å². The molecule has 0 radical (unpaired) electrons. The van der Waals surface area contributed by atoms with Gasteiger partial charge in [-0.15, -0.1) is 0 Å². The predicted octanol–water partition coefficient (Wildman–Crippen LogP) is -0.385.